The van der Waals surface area contributed by atoms with E-state index < -0.39 is 29.6 Å². The highest BCUT2D eigenvalue weighted by atomic mass is 16.3. The maximum atomic E-state index is 12.3. The molecule has 1 saturated heterocycles. The molecule has 5 nitrogen and oxygen atoms in total. The fraction of sp³-hybridized carbons (Fsp3) is 0.562. The van der Waals surface area contributed by atoms with Crippen molar-refractivity contribution in [1.29, 1.82) is 0 Å². The van der Waals surface area contributed by atoms with Gasteiger partial charge in [-0.15, -0.1) is 0 Å². The smallest absolute Gasteiger partial charge is 0.225 e. The van der Waals surface area contributed by atoms with Gasteiger partial charge in [-0.25, -0.2) is 0 Å². The molecule has 0 aliphatic carbocycles. The van der Waals surface area contributed by atoms with Crippen LogP contribution in [0.4, 0.5) is 0 Å². The summed E-state index contributed by atoms with van der Waals surface area (Å²) >= 11 is 0. The van der Waals surface area contributed by atoms with Gasteiger partial charge in [-0.1, -0.05) is 44.2 Å². The van der Waals surface area contributed by atoms with Gasteiger partial charge in [-0.2, -0.15) is 0 Å². The second-order valence-corrected chi connectivity index (χ2v) is 6.17. The van der Waals surface area contributed by atoms with Gasteiger partial charge in [0, 0.05) is 6.54 Å². The Kier molecular flexibility index (Phi) is 4.66. The van der Waals surface area contributed by atoms with E-state index in [1.165, 1.54) is 0 Å². The zero-order valence-electron chi connectivity index (χ0n) is 12.5. The van der Waals surface area contributed by atoms with Crippen molar-refractivity contribution in [2.45, 2.75) is 38.5 Å². The number of benzene rings is 1. The van der Waals surface area contributed by atoms with Crippen molar-refractivity contribution in [3.05, 3.63) is 35.9 Å². The Hall–Kier alpha value is -1.43. The lowest BCUT2D eigenvalue weighted by Crippen LogP contribution is -2.59. The standard InChI is InChI=1S/C16H24N2O3/c1-10(2)16(15(17)21,8-11-6-4-3-5-7-11)14-13(20)12(19)9-18-14/h3-7,10,12-14,18-20H,8-9H2,1-2H3,(H2,17,21). The first-order valence-electron chi connectivity index (χ1n) is 7.33. The van der Waals surface area contributed by atoms with Gasteiger partial charge in [0.2, 0.25) is 5.91 Å². The Bertz CT molecular complexity index is 492. The van der Waals surface area contributed by atoms with Crippen molar-refractivity contribution in [2.75, 3.05) is 6.54 Å². The number of hydrogen-bond acceptors (Lipinski definition) is 4. The van der Waals surface area contributed by atoms with Gasteiger partial charge >= 0.3 is 0 Å². The van der Waals surface area contributed by atoms with E-state index in [2.05, 4.69) is 5.32 Å². The number of aliphatic hydroxyl groups excluding tert-OH is 2. The van der Waals surface area contributed by atoms with E-state index in [0.717, 1.165) is 5.56 Å². The first-order valence-corrected chi connectivity index (χ1v) is 7.33. The molecule has 0 spiro atoms. The highest BCUT2D eigenvalue weighted by molar-refractivity contribution is 5.82. The lowest BCUT2D eigenvalue weighted by Gasteiger charge is -2.41. The Balaban J connectivity index is 2.41. The molecule has 1 amide bonds. The molecule has 5 heteroatoms. The average molecular weight is 292 g/mol. The summed E-state index contributed by atoms with van der Waals surface area (Å²) < 4.78 is 0. The molecule has 1 aliphatic rings. The molecule has 1 aromatic rings. The second-order valence-electron chi connectivity index (χ2n) is 6.17. The van der Waals surface area contributed by atoms with Crippen molar-refractivity contribution in [2.24, 2.45) is 17.1 Å². The van der Waals surface area contributed by atoms with E-state index >= 15 is 0 Å². The van der Waals surface area contributed by atoms with Crippen molar-refractivity contribution in [1.82, 2.24) is 5.32 Å². The van der Waals surface area contributed by atoms with Crippen LogP contribution < -0.4 is 11.1 Å². The fourth-order valence-electron chi connectivity index (χ4n) is 3.33. The first-order chi connectivity index (χ1) is 9.89. The highest BCUT2D eigenvalue weighted by Crippen LogP contribution is 2.39. The van der Waals surface area contributed by atoms with Crippen LogP contribution in [0.15, 0.2) is 30.3 Å². The molecule has 4 unspecified atom stereocenters. The minimum absolute atomic E-state index is 0.0762. The zero-order chi connectivity index (χ0) is 15.6. The molecule has 0 saturated carbocycles. The monoisotopic (exact) mass is 292 g/mol. The molecule has 1 fully saturated rings. The van der Waals surface area contributed by atoms with Crippen molar-refractivity contribution in [3.8, 4) is 0 Å². The average Bonchev–Trinajstić information content (AvgIpc) is 2.77. The summed E-state index contributed by atoms with van der Waals surface area (Å²) in [6.45, 7) is 4.11. The zero-order valence-corrected chi connectivity index (χ0v) is 12.5. The van der Waals surface area contributed by atoms with Crippen LogP contribution in [0.3, 0.4) is 0 Å². The molecule has 4 atom stereocenters. The van der Waals surface area contributed by atoms with E-state index in [-0.39, 0.29) is 12.5 Å². The van der Waals surface area contributed by atoms with Crippen LogP contribution >= 0.6 is 0 Å². The van der Waals surface area contributed by atoms with Crippen molar-refractivity contribution < 1.29 is 15.0 Å². The van der Waals surface area contributed by atoms with E-state index in [1.54, 1.807) is 0 Å². The molecule has 2 rings (SSSR count). The van der Waals surface area contributed by atoms with Gasteiger partial charge in [0.1, 0.15) is 0 Å². The maximum Gasteiger partial charge on any atom is 0.225 e. The number of carbonyl (C=O) groups is 1. The summed E-state index contributed by atoms with van der Waals surface area (Å²) in [5, 5.41) is 23.1. The molecule has 1 heterocycles. The molecular weight excluding hydrogens is 268 g/mol. The van der Waals surface area contributed by atoms with E-state index in [9.17, 15) is 15.0 Å². The second kappa shape index (κ2) is 6.13. The third-order valence-corrected chi connectivity index (χ3v) is 4.67. The van der Waals surface area contributed by atoms with E-state index in [0.29, 0.717) is 6.42 Å². The van der Waals surface area contributed by atoms with Gasteiger partial charge in [0.15, 0.2) is 0 Å². The van der Waals surface area contributed by atoms with Crippen molar-refractivity contribution >= 4 is 5.91 Å². The number of amides is 1. The molecule has 21 heavy (non-hydrogen) atoms. The van der Waals surface area contributed by atoms with Gasteiger partial charge < -0.3 is 21.3 Å². The van der Waals surface area contributed by atoms with Gasteiger partial charge in [-0.05, 0) is 17.9 Å². The predicted molar refractivity (Wildman–Crippen MR) is 80.4 cm³/mol. The number of hydrogen-bond donors (Lipinski definition) is 4. The largest absolute Gasteiger partial charge is 0.389 e. The lowest BCUT2D eigenvalue weighted by molar-refractivity contribution is -0.135. The fourth-order valence-corrected chi connectivity index (χ4v) is 3.33. The van der Waals surface area contributed by atoms with E-state index in [4.69, 9.17) is 5.73 Å². The van der Waals surface area contributed by atoms with Crippen LogP contribution in [0, 0.1) is 11.3 Å². The predicted octanol–water partition coefficient (Wildman–Crippen LogP) is 0.0504. The van der Waals surface area contributed by atoms with Gasteiger partial charge in [-0.3, -0.25) is 4.79 Å². The Morgan fingerprint density at radius 1 is 1.38 bits per heavy atom. The quantitative estimate of drug-likeness (QED) is 0.617. The molecule has 0 bridgehead atoms. The number of carbonyl (C=O) groups excluding carboxylic acids is 1. The molecular formula is C16H24N2O3. The van der Waals surface area contributed by atoms with Crippen LogP contribution in [-0.2, 0) is 11.2 Å². The number of rotatable bonds is 5. The summed E-state index contributed by atoms with van der Waals surface area (Å²) in [6, 6.07) is 9.07. The summed E-state index contributed by atoms with van der Waals surface area (Å²) in [7, 11) is 0. The van der Waals surface area contributed by atoms with Crippen LogP contribution in [0.1, 0.15) is 19.4 Å². The summed E-state index contributed by atoms with van der Waals surface area (Å²) in [4.78, 5) is 12.3. The van der Waals surface area contributed by atoms with Gasteiger partial charge in [0.05, 0.1) is 23.7 Å². The van der Waals surface area contributed by atoms with Crippen molar-refractivity contribution in [3.63, 3.8) is 0 Å². The van der Waals surface area contributed by atoms with Crippen LogP contribution in [0.5, 0.6) is 0 Å². The molecule has 1 aromatic carbocycles. The Morgan fingerprint density at radius 2 is 2.00 bits per heavy atom. The number of β-amino-alcohol motifs (C(OH)–C–C–N with tert-alkyl or cyclic N) is 1. The molecule has 116 valence electrons. The molecule has 0 radical (unpaired) electrons. The Morgan fingerprint density at radius 3 is 2.43 bits per heavy atom. The lowest BCUT2D eigenvalue weighted by atomic mass is 9.65. The highest BCUT2D eigenvalue weighted by Gasteiger charge is 2.53. The third kappa shape index (κ3) is 2.81. The number of aliphatic hydroxyl groups is 2. The first kappa shape index (κ1) is 15.9. The molecule has 5 N–H and O–H groups in total. The minimum Gasteiger partial charge on any atom is -0.389 e. The topological polar surface area (TPSA) is 95.6 Å². The molecule has 0 aromatic heterocycles. The Labute approximate surface area is 125 Å². The maximum absolute atomic E-state index is 12.3. The third-order valence-electron chi connectivity index (χ3n) is 4.67. The number of nitrogens with one attached hydrogen (secondary N) is 1. The number of nitrogens with two attached hydrogens (primary N) is 1. The minimum atomic E-state index is -0.997. The normalized spacial score (nSPS) is 28.5. The van der Waals surface area contributed by atoms with Gasteiger partial charge in [0.25, 0.3) is 0 Å². The summed E-state index contributed by atoms with van der Waals surface area (Å²) in [5.41, 5.74) is 5.78. The van der Waals surface area contributed by atoms with Crippen LogP contribution in [0.25, 0.3) is 0 Å². The van der Waals surface area contributed by atoms with Crippen LogP contribution in [-0.4, -0.2) is 40.9 Å². The van der Waals surface area contributed by atoms with Crippen LogP contribution in [0.2, 0.25) is 0 Å². The summed E-state index contributed by atoms with van der Waals surface area (Å²) in [5.74, 6) is -0.528. The SMILES string of the molecule is CC(C)C(Cc1ccccc1)(C(N)=O)C1NCC(O)C1O. The summed E-state index contributed by atoms with van der Waals surface area (Å²) in [6.07, 6.45) is -1.44. The van der Waals surface area contributed by atoms with E-state index in [1.807, 2.05) is 44.2 Å². The molecule has 1 aliphatic heterocycles. The number of primary amides is 1.